The highest BCUT2D eigenvalue weighted by Crippen LogP contribution is 2.33. The van der Waals surface area contributed by atoms with Crippen LogP contribution in [0.4, 0.5) is 0 Å². The van der Waals surface area contributed by atoms with Crippen LogP contribution < -0.4 is 20.3 Å². The molecule has 0 atom stereocenters. The number of fused-ring (bicyclic) bond motifs is 2. The molecular formula is C26H24IN3O4. The second-order valence-corrected chi connectivity index (χ2v) is 8.79. The van der Waals surface area contributed by atoms with E-state index >= 15 is 0 Å². The number of pyridine rings is 1. The fourth-order valence-corrected chi connectivity index (χ4v) is 4.54. The van der Waals surface area contributed by atoms with Crippen LogP contribution in [-0.4, -0.2) is 30.4 Å². The predicted octanol–water partition coefficient (Wildman–Crippen LogP) is 4.71. The number of halogens is 1. The molecule has 0 aliphatic carbocycles. The summed E-state index contributed by atoms with van der Waals surface area (Å²) >= 11 is 2.19. The van der Waals surface area contributed by atoms with Crippen LogP contribution >= 0.6 is 22.6 Å². The standard InChI is InChI=1S/C26H24IN3O4/c1-3-12-34-26-20(27)13-17(14-23(26)33-2)15-28-29-24(31)16-30-21-10-6-4-8-18(21)25(32)19-9-5-7-11-22(19)30/h4-11,13-15H,3,12,16H2,1-2H3,(H,29,31)/b28-15-. The quantitative estimate of drug-likeness (QED) is 0.144. The maximum absolute atomic E-state index is 12.9. The number of carbonyl (C=O) groups excluding carboxylic acids is 1. The van der Waals surface area contributed by atoms with Gasteiger partial charge in [-0.1, -0.05) is 31.2 Å². The summed E-state index contributed by atoms with van der Waals surface area (Å²) in [4.78, 5) is 25.6. The Kier molecular flexibility index (Phi) is 7.46. The number of hydrogen-bond acceptors (Lipinski definition) is 5. The topological polar surface area (TPSA) is 81.9 Å². The van der Waals surface area contributed by atoms with E-state index in [9.17, 15) is 9.59 Å². The molecule has 7 nitrogen and oxygen atoms in total. The van der Waals surface area contributed by atoms with Gasteiger partial charge in [0.2, 0.25) is 0 Å². The van der Waals surface area contributed by atoms with Gasteiger partial charge in [0, 0.05) is 10.8 Å². The van der Waals surface area contributed by atoms with Gasteiger partial charge in [0.1, 0.15) is 6.54 Å². The molecule has 0 aliphatic heterocycles. The van der Waals surface area contributed by atoms with Gasteiger partial charge in [-0.05, 0) is 71.0 Å². The van der Waals surface area contributed by atoms with Crippen molar-refractivity contribution in [2.45, 2.75) is 19.9 Å². The molecule has 1 aromatic heterocycles. The molecule has 4 rings (SSSR count). The lowest BCUT2D eigenvalue weighted by Gasteiger charge is -2.14. The van der Waals surface area contributed by atoms with Crippen molar-refractivity contribution in [1.82, 2.24) is 9.99 Å². The Balaban J connectivity index is 1.57. The molecule has 3 aromatic carbocycles. The Morgan fingerprint density at radius 3 is 2.35 bits per heavy atom. The Bertz CT molecular complexity index is 1390. The van der Waals surface area contributed by atoms with Gasteiger partial charge in [-0.15, -0.1) is 0 Å². The summed E-state index contributed by atoms with van der Waals surface area (Å²) in [6.45, 7) is 2.66. The van der Waals surface area contributed by atoms with Crippen molar-refractivity contribution in [3.63, 3.8) is 0 Å². The molecule has 1 heterocycles. The van der Waals surface area contributed by atoms with Crippen LogP contribution in [0.1, 0.15) is 18.9 Å². The zero-order valence-electron chi connectivity index (χ0n) is 18.9. The maximum Gasteiger partial charge on any atom is 0.260 e. The predicted molar refractivity (Wildman–Crippen MR) is 143 cm³/mol. The maximum atomic E-state index is 12.9. The zero-order valence-corrected chi connectivity index (χ0v) is 21.0. The minimum absolute atomic E-state index is 0.0172. The van der Waals surface area contributed by atoms with E-state index in [4.69, 9.17) is 9.47 Å². The molecule has 8 heteroatoms. The molecule has 0 spiro atoms. The lowest BCUT2D eigenvalue weighted by molar-refractivity contribution is -0.121. The molecule has 0 saturated carbocycles. The molecule has 0 saturated heterocycles. The second kappa shape index (κ2) is 10.7. The smallest absolute Gasteiger partial charge is 0.260 e. The van der Waals surface area contributed by atoms with Crippen LogP contribution in [0.3, 0.4) is 0 Å². The molecular weight excluding hydrogens is 545 g/mol. The fourth-order valence-electron chi connectivity index (χ4n) is 3.76. The third-order valence-corrected chi connectivity index (χ3v) is 6.09. The number of hydrogen-bond donors (Lipinski definition) is 1. The molecule has 4 aromatic rings. The summed E-state index contributed by atoms with van der Waals surface area (Å²) in [5.74, 6) is 1.00. The summed E-state index contributed by atoms with van der Waals surface area (Å²) in [6.07, 6.45) is 2.46. The number of benzene rings is 3. The number of nitrogens with zero attached hydrogens (tertiary/aromatic N) is 2. The highest BCUT2D eigenvalue weighted by Gasteiger charge is 2.13. The van der Waals surface area contributed by atoms with E-state index in [1.54, 1.807) is 25.5 Å². The number of carbonyl (C=O) groups is 1. The van der Waals surface area contributed by atoms with Crippen LogP contribution in [0.15, 0.2) is 70.6 Å². The van der Waals surface area contributed by atoms with Crippen molar-refractivity contribution >= 4 is 56.5 Å². The number of nitrogens with one attached hydrogen (secondary N) is 1. The van der Waals surface area contributed by atoms with E-state index in [0.29, 0.717) is 39.9 Å². The van der Waals surface area contributed by atoms with Crippen molar-refractivity contribution in [2.24, 2.45) is 5.10 Å². The van der Waals surface area contributed by atoms with Gasteiger partial charge in [-0.2, -0.15) is 5.10 Å². The summed E-state index contributed by atoms with van der Waals surface area (Å²) in [5.41, 5.74) is 4.71. The Labute approximate surface area is 210 Å². The van der Waals surface area contributed by atoms with Gasteiger partial charge in [0.15, 0.2) is 16.9 Å². The number of amides is 1. The molecule has 0 fully saturated rings. The molecule has 0 unspecified atom stereocenters. The third kappa shape index (κ3) is 4.91. The van der Waals surface area contributed by atoms with Crippen LogP contribution in [0.25, 0.3) is 21.8 Å². The molecule has 1 N–H and O–H groups in total. The number of aromatic nitrogens is 1. The van der Waals surface area contributed by atoms with E-state index in [0.717, 1.165) is 15.6 Å². The van der Waals surface area contributed by atoms with E-state index in [2.05, 4.69) is 33.1 Å². The second-order valence-electron chi connectivity index (χ2n) is 7.63. The first kappa shape index (κ1) is 23.7. The van der Waals surface area contributed by atoms with Crippen molar-refractivity contribution in [3.8, 4) is 11.5 Å². The zero-order chi connectivity index (χ0) is 24.1. The van der Waals surface area contributed by atoms with E-state index < -0.39 is 0 Å². The Hall–Kier alpha value is -3.40. The van der Waals surface area contributed by atoms with E-state index in [-0.39, 0.29) is 17.9 Å². The van der Waals surface area contributed by atoms with E-state index in [1.165, 1.54) is 0 Å². The minimum atomic E-state index is -0.306. The average molecular weight is 569 g/mol. The van der Waals surface area contributed by atoms with Crippen LogP contribution in [0.2, 0.25) is 0 Å². The number of para-hydroxylation sites is 2. The molecule has 0 bridgehead atoms. The Morgan fingerprint density at radius 2 is 1.74 bits per heavy atom. The van der Waals surface area contributed by atoms with Gasteiger partial charge in [-0.3, -0.25) is 9.59 Å². The summed E-state index contributed by atoms with van der Waals surface area (Å²) in [7, 11) is 1.59. The normalized spacial score (nSPS) is 11.3. The lowest BCUT2D eigenvalue weighted by atomic mass is 10.1. The van der Waals surface area contributed by atoms with Crippen molar-refractivity contribution < 1.29 is 14.3 Å². The molecule has 0 aliphatic rings. The first-order chi connectivity index (χ1) is 16.5. The molecule has 34 heavy (non-hydrogen) atoms. The van der Waals surface area contributed by atoms with Crippen LogP contribution in [-0.2, 0) is 11.3 Å². The first-order valence-corrected chi connectivity index (χ1v) is 11.9. The van der Waals surface area contributed by atoms with Crippen molar-refractivity contribution in [3.05, 3.63) is 80.0 Å². The van der Waals surface area contributed by atoms with Gasteiger partial charge >= 0.3 is 0 Å². The average Bonchev–Trinajstić information content (AvgIpc) is 2.85. The fraction of sp³-hybridized carbons (Fsp3) is 0.192. The van der Waals surface area contributed by atoms with Gasteiger partial charge < -0.3 is 14.0 Å². The number of methoxy groups -OCH3 is 1. The summed E-state index contributed by atoms with van der Waals surface area (Å²) in [6, 6.07) is 18.3. The first-order valence-electron chi connectivity index (χ1n) is 10.9. The van der Waals surface area contributed by atoms with Crippen LogP contribution in [0, 0.1) is 3.57 Å². The summed E-state index contributed by atoms with van der Waals surface area (Å²) < 4.78 is 14.0. The largest absolute Gasteiger partial charge is 0.493 e. The van der Waals surface area contributed by atoms with Crippen molar-refractivity contribution in [2.75, 3.05) is 13.7 Å². The van der Waals surface area contributed by atoms with E-state index in [1.807, 2.05) is 60.0 Å². The van der Waals surface area contributed by atoms with Crippen LogP contribution in [0.5, 0.6) is 11.5 Å². The minimum Gasteiger partial charge on any atom is -0.493 e. The van der Waals surface area contributed by atoms with Crippen molar-refractivity contribution in [1.29, 1.82) is 0 Å². The molecule has 174 valence electrons. The van der Waals surface area contributed by atoms with Gasteiger partial charge in [0.25, 0.3) is 5.91 Å². The third-order valence-electron chi connectivity index (χ3n) is 5.29. The molecule has 1 amide bonds. The number of hydrazone groups is 1. The monoisotopic (exact) mass is 569 g/mol. The SMILES string of the molecule is CCCOc1c(I)cc(/C=N\NC(=O)Cn2c3ccccc3c(=O)c3ccccc32)cc1OC. The number of rotatable bonds is 8. The lowest BCUT2D eigenvalue weighted by Crippen LogP contribution is -2.25. The van der Waals surface area contributed by atoms with Gasteiger partial charge in [0.05, 0.1) is 34.5 Å². The highest BCUT2D eigenvalue weighted by molar-refractivity contribution is 14.1. The molecule has 0 radical (unpaired) electrons. The highest BCUT2D eigenvalue weighted by atomic mass is 127. The Morgan fingerprint density at radius 1 is 1.09 bits per heavy atom. The summed E-state index contributed by atoms with van der Waals surface area (Å²) in [5, 5.41) is 5.27. The van der Waals surface area contributed by atoms with Gasteiger partial charge in [-0.25, -0.2) is 5.43 Å². The number of ether oxygens (including phenoxy) is 2.